The van der Waals surface area contributed by atoms with E-state index in [1.807, 2.05) is 82.7 Å². The van der Waals surface area contributed by atoms with Gasteiger partial charge in [-0.05, 0) is 212 Å². The molecule has 10 aromatic rings. The number of hydrogen-bond donors (Lipinski definition) is 8. The highest BCUT2D eigenvalue weighted by Gasteiger charge is 2.46. The van der Waals surface area contributed by atoms with Crippen molar-refractivity contribution >= 4 is 52.8 Å². The average Bonchev–Trinajstić information content (AvgIpc) is 0.798. The Balaban J connectivity index is 0.482. The monoisotopic (exact) mass is 1650 g/mol. The number of nitrogens with one attached hydrogen (secondary N) is 4. The summed E-state index contributed by atoms with van der Waals surface area (Å²) in [6.45, 7) is 10.00. The molecule has 6 heterocycles. The quantitative estimate of drug-likeness (QED) is 0.0130. The van der Waals surface area contributed by atoms with Gasteiger partial charge in [0.2, 0.25) is 11.1 Å². The van der Waals surface area contributed by atoms with E-state index in [1.165, 1.54) is 124 Å². The van der Waals surface area contributed by atoms with Crippen molar-refractivity contribution in [2.45, 2.75) is 226 Å². The Bertz CT molecular complexity index is 4930. The second-order valence-electron chi connectivity index (χ2n) is 33.7. The van der Waals surface area contributed by atoms with Gasteiger partial charge in [0.1, 0.15) is 22.4 Å². The number of benzene rings is 6. The molecule has 6 aromatic carbocycles. The van der Waals surface area contributed by atoms with Crippen LogP contribution in [0.4, 0.5) is 0 Å². The van der Waals surface area contributed by atoms with E-state index in [1.54, 1.807) is 12.1 Å². The third kappa shape index (κ3) is 21.2. The summed E-state index contributed by atoms with van der Waals surface area (Å²) in [5, 5.41) is 64.9. The van der Waals surface area contributed by atoms with E-state index >= 15 is 0 Å². The van der Waals surface area contributed by atoms with Gasteiger partial charge in [0, 0.05) is 59.9 Å². The molecule has 26 heteroatoms. The zero-order valence-electron chi connectivity index (χ0n) is 68.2. The molecule has 4 atom stereocenters. The van der Waals surface area contributed by atoms with E-state index in [0.29, 0.717) is 58.5 Å². The number of nitrogens with zero attached hydrogens (tertiary/aromatic N) is 8. The largest absolute Gasteiger partial charge is 0.387 e. The molecule has 632 valence electrons. The van der Waals surface area contributed by atoms with Crippen LogP contribution < -0.4 is 30.1 Å². The van der Waals surface area contributed by atoms with Gasteiger partial charge < -0.3 is 59.2 Å². The zero-order chi connectivity index (χ0) is 81.9. The lowest BCUT2D eigenvalue weighted by molar-refractivity contribution is -0.00879. The number of H-pyrrole nitrogens is 2. The maximum Gasteiger partial charge on any atom is 0.339 e. The lowest BCUT2D eigenvalue weighted by Crippen LogP contribution is -2.39. The van der Waals surface area contributed by atoms with E-state index in [4.69, 9.17) is 28.5 Å². The average molecular weight is 1650 g/mol. The predicted octanol–water partition coefficient (Wildman–Crippen LogP) is 14.4. The first kappa shape index (κ1) is 85.9. The van der Waals surface area contributed by atoms with Gasteiger partial charge in [-0.15, -0.1) is 0 Å². The molecule has 2 saturated heterocycles. The van der Waals surface area contributed by atoms with Crippen molar-refractivity contribution in [2.24, 2.45) is 23.7 Å². The third-order valence-corrected chi connectivity index (χ3v) is 28.1. The molecule has 8 N–H and O–H groups in total. The first-order valence-corrected chi connectivity index (χ1v) is 46.5. The Morgan fingerprint density at radius 3 is 1.19 bits per heavy atom. The molecule has 4 fully saturated rings. The fourth-order valence-corrected chi connectivity index (χ4v) is 21.1. The highest BCUT2D eigenvalue weighted by molar-refractivity contribution is 7.87. The van der Waals surface area contributed by atoms with Gasteiger partial charge in [-0.1, -0.05) is 200 Å². The summed E-state index contributed by atoms with van der Waals surface area (Å²) in [7, 11) is -9.52. The number of aliphatic hydroxyl groups excluding tert-OH is 2. The number of hydrogen-bond acceptors (Lipinski definition) is 20. The van der Waals surface area contributed by atoms with E-state index < -0.39 is 54.8 Å². The van der Waals surface area contributed by atoms with Crippen molar-refractivity contribution in [3.8, 4) is 11.5 Å². The summed E-state index contributed by atoms with van der Waals surface area (Å²) in [5.74, 6) is 1.91. The van der Waals surface area contributed by atoms with E-state index in [-0.39, 0.29) is 68.0 Å². The van der Waals surface area contributed by atoms with Crippen LogP contribution in [0.3, 0.4) is 0 Å². The number of aliphatic hydroxyl groups is 4. The number of fused-ring (bicyclic) bond motifs is 3. The van der Waals surface area contributed by atoms with Crippen LogP contribution in [0.5, 0.6) is 11.5 Å². The number of aromatic nitrogens is 8. The van der Waals surface area contributed by atoms with Crippen molar-refractivity contribution < 1.29 is 45.6 Å². The normalized spacial score (nSPS) is 17.8. The Hall–Kier alpha value is -8.54. The van der Waals surface area contributed by atoms with Crippen LogP contribution in [0.25, 0.3) is 32.6 Å². The lowest BCUT2D eigenvalue weighted by atomic mass is 9.73. The van der Waals surface area contributed by atoms with Gasteiger partial charge in [-0.3, -0.25) is 19.0 Å². The molecule has 2 saturated carbocycles. The maximum atomic E-state index is 14.5. The van der Waals surface area contributed by atoms with Crippen LogP contribution in [0, 0.1) is 23.7 Å². The predicted molar refractivity (Wildman–Crippen MR) is 459 cm³/mol. The van der Waals surface area contributed by atoms with Crippen molar-refractivity contribution in [1.82, 2.24) is 59.9 Å². The van der Waals surface area contributed by atoms with Gasteiger partial charge >= 0.3 is 20.2 Å². The van der Waals surface area contributed by atoms with Gasteiger partial charge in [0.25, 0.3) is 0 Å². The maximum absolute atomic E-state index is 14.5. The highest BCUT2D eigenvalue weighted by atomic mass is 32.2. The third-order valence-electron chi connectivity index (χ3n) is 25.5. The Kier molecular flexibility index (Phi) is 29.6. The molecule has 4 aromatic heterocycles. The van der Waals surface area contributed by atoms with Crippen LogP contribution in [0.2, 0.25) is 0 Å². The Morgan fingerprint density at radius 2 is 0.797 bits per heavy atom. The van der Waals surface area contributed by atoms with Crippen LogP contribution in [-0.2, 0) is 44.5 Å². The summed E-state index contributed by atoms with van der Waals surface area (Å²) in [6.07, 6.45) is 32.6. The van der Waals surface area contributed by atoms with Gasteiger partial charge in [0.05, 0.1) is 23.2 Å². The molecule has 0 spiro atoms. The molecular formula is C92H120N12O12S2. The molecule has 14 rings (SSSR count). The van der Waals surface area contributed by atoms with Crippen LogP contribution >= 0.6 is 0 Å². The summed E-state index contributed by atoms with van der Waals surface area (Å²) < 4.78 is 73.4. The molecule has 0 radical (unpaired) electrons. The summed E-state index contributed by atoms with van der Waals surface area (Å²) in [4.78, 5) is 45.0. The Labute approximate surface area is 693 Å². The molecule has 118 heavy (non-hydrogen) atoms. The second kappa shape index (κ2) is 40.7. The number of likely N-dealkylation sites (tertiary alicyclic amines) is 2. The fraction of sp³-hybridized carbons (Fsp3) is 0.522. The molecule has 4 aliphatic rings. The van der Waals surface area contributed by atoms with Crippen molar-refractivity contribution in [1.29, 1.82) is 0 Å². The topological polar surface area (TPSA) is 325 Å². The van der Waals surface area contributed by atoms with Crippen molar-refractivity contribution in [3.63, 3.8) is 0 Å². The minimum atomic E-state index is -4.76. The standard InChI is InChI=1S/C92H120N12O12S2/c105-79(61-93-53-23-7-3-1-5-9-25-55-101-57-49-67(50-58-101)63-103-65-95-89(99-103)91(109,69-29-15-11-16-30-69)70-31-17-12-18-32-70)73-41-45-81(87-77(73)43-47-85(107)97-87)115-117(111,112)83-39-27-38-76-75(83)37-28-40-84(76)118(113,114)116-82-46-42-74(78-44-48-86(108)98-88(78)82)80(106)62-94-54-24-8-4-2-6-10-26-56-102-59-51-68(52-60-102)64-104-66-96-90(100-104)92(110,71-33-19-13-20-34-71)72-35-21-14-22-36-72/h11,13,15-16,19-20,27-30,33-34,37-48,65-68,70,72,79-80,93-94,105-106,109-110H,1-10,12,14,17-18,21-26,31-32,35-36,49-64H2,(H,97,107)(H,98,108)/t79-,80-,91?,92?/m0/s1. The summed E-state index contributed by atoms with van der Waals surface area (Å²) >= 11 is 0. The molecule has 2 aliphatic carbocycles. The summed E-state index contributed by atoms with van der Waals surface area (Å²) in [6, 6.07) is 39.7. The first-order chi connectivity index (χ1) is 57.4. The van der Waals surface area contributed by atoms with Crippen LogP contribution in [-0.4, -0.2) is 152 Å². The van der Waals surface area contributed by atoms with Gasteiger partial charge in [0.15, 0.2) is 34.3 Å². The number of aromatic amines is 2. The number of unbranched alkanes of at least 4 members (excludes halogenated alkanes) is 12. The molecule has 2 aliphatic heterocycles. The lowest BCUT2D eigenvalue weighted by Gasteiger charge is -2.37. The Morgan fingerprint density at radius 1 is 0.424 bits per heavy atom. The van der Waals surface area contributed by atoms with E-state index in [0.717, 1.165) is 192 Å². The zero-order valence-corrected chi connectivity index (χ0v) is 69.8. The number of rotatable bonds is 42. The second-order valence-corrected chi connectivity index (χ2v) is 36.7. The molecule has 2 unspecified atom stereocenters. The van der Waals surface area contributed by atoms with Gasteiger partial charge in [-0.25, -0.2) is 9.97 Å². The first-order valence-electron chi connectivity index (χ1n) is 43.7. The minimum Gasteiger partial charge on any atom is -0.387 e. The number of pyridine rings is 2. The van der Waals surface area contributed by atoms with Crippen molar-refractivity contribution in [2.75, 3.05) is 65.4 Å². The summed E-state index contributed by atoms with van der Waals surface area (Å²) in [5.41, 5.74) is -0.641. The van der Waals surface area contributed by atoms with E-state index in [9.17, 15) is 46.9 Å². The number of piperidine rings is 2. The van der Waals surface area contributed by atoms with Crippen molar-refractivity contribution in [3.05, 3.63) is 213 Å². The smallest absolute Gasteiger partial charge is 0.339 e. The molecule has 0 bridgehead atoms. The fourth-order valence-electron chi connectivity index (χ4n) is 18.8. The SMILES string of the molecule is O=c1ccc2c([C@@H](O)CNCCCCCCCCCN3CCC(Cn4cnc(C(O)(c5ccccc5)C5CCCCC5)n4)CC3)ccc(OS(=O)(=O)c3cccc4c(S(=O)(=O)Oc5ccc([C@@H](O)CNCCCCCCCCCN6CCC(Cn7cnc(C(O)(c8ccccc8)C8CCCCC8)n7)CC6)c6ccc(=O)[nH]c56)cccc34)c2[nH]1. The van der Waals surface area contributed by atoms with Crippen LogP contribution in [0.15, 0.2) is 178 Å². The minimum absolute atomic E-state index is 0.000878. The molecular weight excluding hydrogens is 1530 g/mol. The molecule has 24 nitrogen and oxygen atoms in total. The molecule has 0 amide bonds. The highest BCUT2D eigenvalue weighted by Crippen LogP contribution is 2.45. The van der Waals surface area contributed by atoms with E-state index in [2.05, 4.69) is 30.4 Å². The van der Waals surface area contributed by atoms with Gasteiger partial charge in [-0.2, -0.15) is 27.0 Å². The van der Waals surface area contributed by atoms with Crippen LogP contribution in [0.1, 0.15) is 226 Å².